The molecule has 0 unspecified atom stereocenters. The summed E-state index contributed by atoms with van der Waals surface area (Å²) in [5, 5.41) is 22.9. The molecule has 2 rings (SSSR count). The van der Waals surface area contributed by atoms with Crippen LogP contribution < -0.4 is 10.4 Å². The molecule has 0 aliphatic carbocycles. The molecule has 0 radical (unpaired) electrons. The average molecular weight is 256 g/mol. The quantitative estimate of drug-likeness (QED) is 0.874. The second-order valence-electron chi connectivity index (χ2n) is 3.80. The number of nitrogens with one attached hydrogen (secondary N) is 1. The van der Waals surface area contributed by atoms with Gasteiger partial charge in [0.15, 0.2) is 0 Å². The summed E-state index contributed by atoms with van der Waals surface area (Å²) in [5.41, 5.74) is 0.0225. The molecule has 1 amide bonds. The number of carboxylic acids is 1. The predicted molar refractivity (Wildman–Crippen MR) is 67.2 cm³/mol. The number of benzene rings is 2. The van der Waals surface area contributed by atoms with Crippen molar-refractivity contribution < 1.29 is 19.8 Å². The van der Waals surface area contributed by atoms with Gasteiger partial charge in [0.2, 0.25) is 0 Å². The molecule has 0 aliphatic rings. The molecular weight excluding hydrogens is 246 g/mol. The summed E-state index contributed by atoms with van der Waals surface area (Å²) in [6.45, 7) is 0. The van der Waals surface area contributed by atoms with Gasteiger partial charge in [-0.1, -0.05) is 36.1 Å². The van der Waals surface area contributed by atoms with Crippen LogP contribution in [0, 0.1) is 0 Å². The lowest BCUT2D eigenvalue weighted by Gasteiger charge is -2.14. The van der Waals surface area contributed by atoms with Crippen LogP contribution in [0.25, 0.3) is 0 Å². The monoisotopic (exact) mass is 256 g/mol. The Kier molecular flexibility index (Phi) is 3.47. The first kappa shape index (κ1) is 12.6. The van der Waals surface area contributed by atoms with Crippen molar-refractivity contribution in [2.24, 2.45) is 0 Å². The molecule has 0 bridgehead atoms. The van der Waals surface area contributed by atoms with Crippen molar-refractivity contribution in [1.29, 1.82) is 0 Å². The number of hydrogen-bond acceptors (Lipinski definition) is 3. The number of carbonyl (C=O) groups excluding carboxylic acids is 1. The van der Waals surface area contributed by atoms with Crippen molar-refractivity contribution in [3.8, 4) is 5.75 Å². The van der Waals surface area contributed by atoms with Gasteiger partial charge in [0.25, 0.3) is 5.91 Å². The Morgan fingerprint density at radius 2 is 1.53 bits per heavy atom. The zero-order chi connectivity index (χ0) is 13.8. The van der Waals surface area contributed by atoms with Crippen molar-refractivity contribution in [1.82, 2.24) is 0 Å². The number of para-hydroxylation sites is 2. The molecule has 2 aromatic carbocycles. The smallest absolute Gasteiger partial charge is 0.336 e. The largest absolute Gasteiger partial charge is 0.871 e. The minimum Gasteiger partial charge on any atom is -0.871 e. The van der Waals surface area contributed by atoms with Gasteiger partial charge in [0.1, 0.15) is 0 Å². The number of aromatic carboxylic acids is 1. The lowest BCUT2D eigenvalue weighted by Crippen LogP contribution is -2.17. The lowest BCUT2D eigenvalue weighted by atomic mass is 10.1. The fourth-order valence-electron chi connectivity index (χ4n) is 1.63. The molecular formula is C14H10NO4-. The summed E-state index contributed by atoms with van der Waals surface area (Å²) in [6.07, 6.45) is 0. The van der Waals surface area contributed by atoms with Gasteiger partial charge in [-0.05, 0) is 18.2 Å². The van der Waals surface area contributed by atoms with Gasteiger partial charge < -0.3 is 15.5 Å². The third kappa shape index (κ3) is 2.71. The molecule has 19 heavy (non-hydrogen) atoms. The third-order valence-corrected chi connectivity index (χ3v) is 2.54. The number of hydrogen-bond donors (Lipinski definition) is 2. The van der Waals surface area contributed by atoms with E-state index >= 15 is 0 Å². The van der Waals surface area contributed by atoms with E-state index in [1.165, 1.54) is 30.3 Å². The van der Waals surface area contributed by atoms with Crippen LogP contribution in [0.5, 0.6) is 5.75 Å². The molecule has 2 aromatic rings. The molecule has 5 nitrogen and oxygen atoms in total. The van der Waals surface area contributed by atoms with Crippen LogP contribution in [0.15, 0.2) is 48.5 Å². The number of rotatable bonds is 3. The second kappa shape index (κ2) is 5.22. The SMILES string of the molecule is O=C(O)c1ccccc1C(=O)Nc1ccccc1[O-]. The van der Waals surface area contributed by atoms with Gasteiger partial charge in [0.05, 0.1) is 11.1 Å². The van der Waals surface area contributed by atoms with Crippen LogP contribution in [0.4, 0.5) is 5.69 Å². The first-order valence-electron chi connectivity index (χ1n) is 5.49. The minimum atomic E-state index is -1.19. The summed E-state index contributed by atoms with van der Waals surface area (Å²) in [7, 11) is 0. The van der Waals surface area contributed by atoms with Gasteiger partial charge in [-0.3, -0.25) is 4.79 Å². The van der Waals surface area contributed by atoms with Crippen LogP contribution in [0.2, 0.25) is 0 Å². The predicted octanol–water partition coefficient (Wildman–Crippen LogP) is 1.71. The van der Waals surface area contributed by atoms with Crippen molar-refractivity contribution in [3.05, 3.63) is 59.7 Å². The molecule has 5 heteroatoms. The Balaban J connectivity index is 2.31. The number of carbonyl (C=O) groups is 2. The summed E-state index contributed by atoms with van der Waals surface area (Å²) in [6, 6.07) is 11.8. The van der Waals surface area contributed by atoms with Crippen molar-refractivity contribution in [2.75, 3.05) is 5.32 Å². The standard InChI is InChI=1S/C14H11NO4/c16-12-8-4-3-7-11(12)15-13(17)9-5-1-2-6-10(9)14(18)19/h1-8,16H,(H,15,17)(H,18,19)/p-1. The number of anilines is 1. The maximum Gasteiger partial charge on any atom is 0.336 e. The molecule has 0 heterocycles. The van der Waals surface area contributed by atoms with E-state index in [9.17, 15) is 14.7 Å². The Morgan fingerprint density at radius 3 is 2.16 bits per heavy atom. The van der Waals surface area contributed by atoms with Crippen LogP contribution in [-0.4, -0.2) is 17.0 Å². The van der Waals surface area contributed by atoms with Gasteiger partial charge in [-0.15, -0.1) is 0 Å². The molecule has 96 valence electrons. The zero-order valence-corrected chi connectivity index (χ0v) is 9.79. The Hall–Kier alpha value is -2.82. The molecule has 0 aliphatic heterocycles. The summed E-state index contributed by atoms with van der Waals surface area (Å²) in [5.74, 6) is -2.15. The van der Waals surface area contributed by atoms with Crippen LogP contribution in [0.3, 0.4) is 0 Å². The van der Waals surface area contributed by atoms with Crippen LogP contribution in [-0.2, 0) is 0 Å². The van der Waals surface area contributed by atoms with E-state index in [1.54, 1.807) is 18.2 Å². The third-order valence-electron chi connectivity index (χ3n) is 2.54. The Morgan fingerprint density at radius 1 is 0.947 bits per heavy atom. The maximum atomic E-state index is 12.0. The van der Waals surface area contributed by atoms with E-state index in [4.69, 9.17) is 5.11 Å². The molecule has 0 saturated heterocycles. The first-order valence-corrected chi connectivity index (χ1v) is 5.49. The van der Waals surface area contributed by atoms with E-state index in [0.29, 0.717) is 0 Å². The molecule has 0 spiro atoms. The van der Waals surface area contributed by atoms with Gasteiger partial charge in [-0.2, -0.15) is 0 Å². The average Bonchev–Trinajstić information content (AvgIpc) is 2.41. The second-order valence-corrected chi connectivity index (χ2v) is 3.80. The fraction of sp³-hybridized carbons (Fsp3) is 0. The van der Waals surface area contributed by atoms with Crippen molar-refractivity contribution in [3.63, 3.8) is 0 Å². The highest BCUT2D eigenvalue weighted by Gasteiger charge is 2.15. The van der Waals surface area contributed by atoms with E-state index in [2.05, 4.69) is 5.32 Å². The van der Waals surface area contributed by atoms with Crippen LogP contribution >= 0.6 is 0 Å². The number of carboxylic acid groups (broad SMARTS) is 1. The summed E-state index contributed by atoms with van der Waals surface area (Å²) >= 11 is 0. The zero-order valence-electron chi connectivity index (χ0n) is 9.79. The van der Waals surface area contributed by atoms with E-state index in [0.717, 1.165) is 0 Å². The van der Waals surface area contributed by atoms with Crippen molar-refractivity contribution >= 4 is 17.6 Å². The van der Waals surface area contributed by atoms with Crippen molar-refractivity contribution in [2.45, 2.75) is 0 Å². The lowest BCUT2D eigenvalue weighted by molar-refractivity contribution is -0.267. The highest BCUT2D eigenvalue weighted by atomic mass is 16.4. The van der Waals surface area contributed by atoms with E-state index in [1.807, 2.05) is 0 Å². The maximum absolute atomic E-state index is 12.0. The highest BCUT2D eigenvalue weighted by molar-refractivity contribution is 6.11. The minimum absolute atomic E-state index is 0.0123. The fourth-order valence-corrected chi connectivity index (χ4v) is 1.63. The van der Waals surface area contributed by atoms with Gasteiger partial charge >= 0.3 is 5.97 Å². The van der Waals surface area contributed by atoms with E-state index < -0.39 is 11.9 Å². The summed E-state index contributed by atoms with van der Waals surface area (Å²) in [4.78, 5) is 23.0. The highest BCUT2D eigenvalue weighted by Crippen LogP contribution is 2.20. The van der Waals surface area contributed by atoms with Gasteiger partial charge in [-0.25, -0.2) is 4.79 Å². The Labute approximate surface area is 109 Å². The first-order chi connectivity index (χ1) is 9.09. The van der Waals surface area contributed by atoms with Gasteiger partial charge in [0, 0.05) is 5.69 Å². The Bertz CT molecular complexity index is 637. The van der Waals surface area contributed by atoms with E-state index in [-0.39, 0.29) is 22.6 Å². The van der Waals surface area contributed by atoms with Crippen LogP contribution in [0.1, 0.15) is 20.7 Å². The molecule has 0 saturated carbocycles. The molecule has 0 aromatic heterocycles. The topological polar surface area (TPSA) is 89.5 Å². The molecule has 0 atom stereocenters. The summed E-state index contributed by atoms with van der Waals surface area (Å²) < 4.78 is 0. The molecule has 0 fully saturated rings. The number of amides is 1. The normalized spacial score (nSPS) is 9.89. The molecule has 2 N–H and O–H groups in total.